The van der Waals surface area contributed by atoms with Crippen molar-refractivity contribution in [3.8, 4) is 0 Å². The van der Waals surface area contributed by atoms with Gasteiger partial charge in [0.25, 0.3) is 0 Å². The van der Waals surface area contributed by atoms with Crippen molar-refractivity contribution in [3.05, 3.63) is 47.0 Å². The van der Waals surface area contributed by atoms with Gasteiger partial charge in [-0.3, -0.25) is 9.59 Å². The number of hydrogen-bond acceptors (Lipinski definition) is 2. The summed E-state index contributed by atoms with van der Waals surface area (Å²) < 4.78 is 1.05. The summed E-state index contributed by atoms with van der Waals surface area (Å²) in [6.07, 6.45) is 8.28. The molecule has 1 heterocycles. The van der Waals surface area contributed by atoms with Crippen LogP contribution < -0.4 is 5.32 Å². The van der Waals surface area contributed by atoms with Gasteiger partial charge in [0.05, 0.1) is 5.54 Å². The highest BCUT2D eigenvalue weighted by Crippen LogP contribution is 2.38. The average Bonchev–Trinajstić information content (AvgIpc) is 2.68. The number of amides is 2. The van der Waals surface area contributed by atoms with Gasteiger partial charge < -0.3 is 10.2 Å². The number of halogens is 1. The first-order valence-corrected chi connectivity index (χ1v) is 10.3. The Labute approximate surface area is 164 Å². The van der Waals surface area contributed by atoms with E-state index >= 15 is 0 Å². The van der Waals surface area contributed by atoms with Crippen molar-refractivity contribution in [2.45, 2.75) is 50.5 Å². The fourth-order valence-corrected chi connectivity index (χ4v) is 4.66. The molecule has 1 aliphatic heterocycles. The third kappa shape index (κ3) is 4.20. The van der Waals surface area contributed by atoms with Crippen LogP contribution in [-0.2, 0) is 15.1 Å². The first-order chi connectivity index (χ1) is 12.5. The third-order valence-corrected chi connectivity index (χ3v) is 6.29. The SMILES string of the molecule is C=CC(=O)N1CCC(C(=O)NC2(c3cccc(Br)c3)CCCCC2)CC1. The molecule has 1 aromatic rings. The third-order valence-electron chi connectivity index (χ3n) is 5.80. The Bertz CT molecular complexity index is 674. The van der Waals surface area contributed by atoms with Gasteiger partial charge in [-0.15, -0.1) is 0 Å². The summed E-state index contributed by atoms with van der Waals surface area (Å²) in [7, 11) is 0. The minimum absolute atomic E-state index is 0.0187. The number of carbonyl (C=O) groups excluding carboxylic acids is 2. The largest absolute Gasteiger partial charge is 0.346 e. The van der Waals surface area contributed by atoms with E-state index in [4.69, 9.17) is 0 Å². The lowest BCUT2D eigenvalue weighted by Crippen LogP contribution is -2.51. The molecule has 1 N–H and O–H groups in total. The van der Waals surface area contributed by atoms with Crippen LogP contribution in [0.3, 0.4) is 0 Å². The molecule has 5 heteroatoms. The van der Waals surface area contributed by atoms with E-state index in [1.165, 1.54) is 18.1 Å². The second-order valence-corrected chi connectivity index (χ2v) is 8.36. The van der Waals surface area contributed by atoms with Crippen LogP contribution in [0.4, 0.5) is 0 Å². The molecule has 0 unspecified atom stereocenters. The highest BCUT2D eigenvalue weighted by Gasteiger charge is 2.37. The molecule has 26 heavy (non-hydrogen) atoms. The van der Waals surface area contributed by atoms with Crippen molar-refractivity contribution in [1.82, 2.24) is 10.2 Å². The number of carbonyl (C=O) groups is 2. The highest BCUT2D eigenvalue weighted by molar-refractivity contribution is 9.10. The molecule has 0 aromatic heterocycles. The van der Waals surface area contributed by atoms with Crippen LogP contribution in [0, 0.1) is 5.92 Å². The molecule has 4 nitrogen and oxygen atoms in total. The van der Waals surface area contributed by atoms with Crippen molar-refractivity contribution >= 4 is 27.7 Å². The lowest BCUT2D eigenvalue weighted by atomic mass is 9.76. The van der Waals surface area contributed by atoms with E-state index in [1.807, 2.05) is 12.1 Å². The number of hydrogen-bond donors (Lipinski definition) is 1. The summed E-state index contributed by atoms with van der Waals surface area (Å²) in [5.74, 6) is 0.0779. The van der Waals surface area contributed by atoms with E-state index in [9.17, 15) is 9.59 Å². The summed E-state index contributed by atoms with van der Waals surface area (Å²) in [6.45, 7) is 4.81. The molecule has 1 aliphatic carbocycles. The predicted octanol–water partition coefficient (Wildman–Crippen LogP) is 4.15. The quantitative estimate of drug-likeness (QED) is 0.746. The fraction of sp³-hybridized carbons (Fsp3) is 0.524. The Kier molecular flexibility index (Phi) is 6.17. The first kappa shape index (κ1) is 19.2. The molecule has 0 radical (unpaired) electrons. The van der Waals surface area contributed by atoms with Gasteiger partial charge >= 0.3 is 0 Å². The van der Waals surface area contributed by atoms with E-state index in [0.29, 0.717) is 13.1 Å². The predicted molar refractivity (Wildman–Crippen MR) is 107 cm³/mol. The number of nitrogens with one attached hydrogen (secondary N) is 1. The molecule has 2 amide bonds. The summed E-state index contributed by atoms with van der Waals surface area (Å²) in [5, 5.41) is 3.42. The molecule has 2 fully saturated rings. The fourth-order valence-electron chi connectivity index (χ4n) is 4.26. The molecule has 1 saturated carbocycles. The zero-order valence-electron chi connectivity index (χ0n) is 15.2. The second-order valence-electron chi connectivity index (χ2n) is 7.45. The second kappa shape index (κ2) is 8.38. The minimum Gasteiger partial charge on any atom is -0.346 e. The molecular formula is C21H27BrN2O2. The molecule has 0 atom stereocenters. The van der Waals surface area contributed by atoms with Gasteiger partial charge in [-0.1, -0.05) is 53.9 Å². The molecule has 2 aliphatic rings. The van der Waals surface area contributed by atoms with E-state index in [1.54, 1.807) is 4.90 Å². The number of nitrogens with zero attached hydrogens (tertiary/aromatic N) is 1. The molecule has 3 rings (SSSR count). The van der Waals surface area contributed by atoms with Gasteiger partial charge in [-0.2, -0.15) is 0 Å². The number of likely N-dealkylation sites (tertiary alicyclic amines) is 1. The maximum atomic E-state index is 13.0. The van der Waals surface area contributed by atoms with Crippen LogP contribution in [0.1, 0.15) is 50.5 Å². The van der Waals surface area contributed by atoms with Crippen molar-refractivity contribution in [3.63, 3.8) is 0 Å². The van der Waals surface area contributed by atoms with Crippen LogP contribution in [-0.4, -0.2) is 29.8 Å². The zero-order chi connectivity index (χ0) is 18.6. The summed E-state index contributed by atoms with van der Waals surface area (Å²) in [6, 6.07) is 8.33. The number of piperidine rings is 1. The summed E-state index contributed by atoms with van der Waals surface area (Å²) >= 11 is 3.56. The van der Waals surface area contributed by atoms with Crippen LogP contribution in [0.5, 0.6) is 0 Å². The van der Waals surface area contributed by atoms with Gasteiger partial charge in [-0.25, -0.2) is 0 Å². The normalized spacial score (nSPS) is 20.4. The number of rotatable bonds is 4. The smallest absolute Gasteiger partial charge is 0.245 e. The van der Waals surface area contributed by atoms with Crippen molar-refractivity contribution in [1.29, 1.82) is 0 Å². The van der Waals surface area contributed by atoms with Gasteiger partial charge in [0, 0.05) is 23.5 Å². The molecular weight excluding hydrogens is 392 g/mol. The first-order valence-electron chi connectivity index (χ1n) is 9.53. The molecule has 140 valence electrons. The summed E-state index contributed by atoms with van der Waals surface area (Å²) in [5.41, 5.74) is 0.937. The minimum atomic E-state index is -0.257. The topological polar surface area (TPSA) is 49.4 Å². The highest BCUT2D eigenvalue weighted by atomic mass is 79.9. The maximum absolute atomic E-state index is 13.0. The average molecular weight is 419 g/mol. The van der Waals surface area contributed by atoms with Gasteiger partial charge in [0.2, 0.25) is 11.8 Å². The standard InChI is InChI=1S/C21H27BrN2O2/c1-2-19(25)24-13-9-16(10-14-24)20(26)23-21(11-4-3-5-12-21)17-7-6-8-18(22)15-17/h2,6-8,15-16H,1,3-5,9-14H2,(H,23,26). The van der Waals surface area contributed by atoms with Gasteiger partial charge in [0.1, 0.15) is 0 Å². The van der Waals surface area contributed by atoms with Crippen LogP contribution in [0.25, 0.3) is 0 Å². The monoisotopic (exact) mass is 418 g/mol. The van der Waals surface area contributed by atoms with Crippen molar-refractivity contribution in [2.24, 2.45) is 5.92 Å². The van der Waals surface area contributed by atoms with Crippen LogP contribution in [0.15, 0.2) is 41.4 Å². The summed E-state index contributed by atoms with van der Waals surface area (Å²) in [4.78, 5) is 26.5. The van der Waals surface area contributed by atoms with E-state index in [2.05, 4.69) is 40.0 Å². The van der Waals surface area contributed by atoms with Crippen molar-refractivity contribution in [2.75, 3.05) is 13.1 Å². The van der Waals surface area contributed by atoms with Crippen molar-refractivity contribution < 1.29 is 9.59 Å². The van der Waals surface area contributed by atoms with E-state index < -0.39 is 0 Å². The van der Waals surface area contributed by atoms with E-state index in [0.717, 1.165) is 43.0 Å². The van der Waals surface area contributed by atoms with Gasteiger partial charge in [-0.05, 0) is 49.5 Å². The maximum Gasteiger partial charge on any atom is 0.245 e. The lowest BCUT2D eigenvalue weighted by Gasteiger charge is -2.40. The Balaban J connectivity index is 1.71. The molecule has 0 bridgehead atoms. The Hall–Kier alpha value is -1.62. The Morgan fingerprint density at radius 1 is 1.19 bits per heavy atom. The Morgan fingerprint density at radius 3 is 2.50 bits per heavy atom. The van der Waals surface area contributed by atoms with Crippen LogP contribution in [0.2, 0.25) is 0 Å². The molecule has 1 aromatic carbocycles. The number of benzene rings is 1. The van der Waals surface area contributed by atoms with Gasteiger partial charge in [0.15, 0.2) is 0 Å². The zero-order valence-corrected chi connectivity index (χ0v) is 16.8. The lowest BCUT2D eigenvalue weighted by molar-refractivity contribution is -0.133. The molecule has 0 spiro atoms. The molecule has 1 saturated heterocycles. The van der Waals surface area contributed by atoms with Crippen LogP contribution >= 0.6 is 15.9 Å². The van der Waals surface area contributed by atoms with E-state index in [-0.39, 0.29) is 23.3 Å². The Morgan fingerprint density at radius 2 is 1.88 bits per heavy atom.